The molecule has 22 heavy (non-hydrogen) atoms. The van der Waals surface area contributed by atoms with Crippen LogP contribution in [0.1, 0.15) is 12.0 Å². The molecule has 0 aliphatic carbocycles. The molecule has 0 amide bonds. The number of hydrogen-bond donors (Lipinski definition) is 3. The van der Waals surface area contributed by atoms with Gasteiger partial charge in [0.2, 0.25) is 0 Å². The van der Waals surface area contributed by atoms with Crippen LogP contribution in [0.5, 0.6) is 0 Å². The van der Waals surface area contributed by atoms with Crippen molar-refractivity contribution >= 4 is 36.2 Å². The Hall–Kier alpha value is -0.720. The summed E-state index contributed by atoms with van der Waals surface area (Å²) in [6, 6.07) is 6.54. The Morgan fingerprint density at radius 2 is 1.86 bits per heavy atom. The lowest BCUT2D eigenvalue weighted by molar-refractivity contribution is 0.129. The van der Waals surface area contributed by atoms with Crippen LogP contribution >= 0.6 is 24.8 Å². The van der Waals surface area contributed by atoms with Crippen molar-refractivity contribution in [2.24, 2.45) is 0 Å². The second-order valence-corrected chi connectivity index (χ2v) is 5.41. The van der Waals surface area contributed by atoms with Gasteiger partial charge in [0.15, 0.2) is 0 Å². The van der Waals surface area contributed by atoms with Crippen molar-refractivity contribution in [3.05, 3.63) is 23.8 Å². The Labute approximate surface area is 144 Å². The third-order valence-electron chi connectivity index (χ3n) is 4.07. The molecule has 5 nitrogen and oxygen atoms in total. The predicted octanol–water partition coefficient (Wildman–Crippen LogP) is 1.29. The van der Waals surface area contributed by atoms with Gasteiger partial charge in [-0.15, -0.1) is 24.8 Å². The molecule has 1 aliphatic heterocycles. The van der Waals surface area contributed by atoms with Crippen molar-refractivity contribution in [2.45, 2.75) is 19.4 Å². The fourth-order valence-electron chi connectivity index (χ4n) is 2.86. The zero-order chi connectivity index (χ0) is 14.5. The molecule has 1 atom stereocenters. The molecular weight excluding hydrogens is 325 g/mol. The number of halogens is 2. The molecule has 0 saturated carbocycles. The molecular formula is C15H27Cl2N3O2. The summed E-state index contributed by atoms with van der Waals surface area (Å²) >= 11 is 0. The van der Waals surface area contributed by atoms with E-state index in [1.54, 1.807) is 0 Å². The molecule has 4 N–H and O–H groups in total. The Bertz CT molecular complexity index is 443. The minimum atomic E-state index is 0. The van der Waals surface area contributed by atoms with E-state index in [1.807, 2.05) is 13.0 Å². The number of anilines is 2. The molecule has 1 unspecified atom stereocenters. The highest BCUT2D eigenvalue weighted by Crippen LogP contribution is 2.25. The van der Waals surface area contributed by atoms with Crippen LogP contribution in [0, 0.1) is 6.92 Å². The summed E-state index contributed by atoms with van der Waals surface area (Å²) in [4.78, 5) is 4.52. The van der Waals surface area contributed by atoms with E-state index in [9.17, 15) is 0 Å². The number of nitrogens with two attached hydrogens (primary N) is 1. The second-order valence-electron chi connectivity index (χ2n) is 5.41. The molecule has 1 aromatic carbocycles. The maximum absolute atomic E-state index is 9.12. The predicted molar refractivity (Wildman–Crippen MR) is 96.5 cm³/mol. The average Bonchev–Trinajstić information content (AvgIpc) is 2.91. The molecule has 0 radical (unpaired) electrons. The number of nitrogens with zero attached hydrogens (tertiary/aromatic N) is 2. The van der Waals surface area contributed by atoms with Crippen LogP contribution in [-0.2, 0) is 0 Å². The van der Waals surface area contributed by atoms with Gasteiger partial charge in [-0.2, -0.15) is 0 Å². The summed E-state index contributed by atoms with van der Waals surface area (Å²) in [7, 11) is 0. The highest BCUT2D eigenvalue weighted by Gasteiger charge is 2.27. The van der Waals surface area contributed by atoms with Crippen molar-refractivity contribution < 1.29 is 10.2 Å². The van der Waals surface area contributed by atoms with Crippen LogP contribution in [0.3, 0.4) is 0 Å². The first-order valence-electron chi connectivity index (χ1n) is 7.22. The van der Waals surface area contributed by atoms with Crippen molar-refractivity contribution in [1.29, 1.82) is 0 Å². The third kappa shape index (κ3) is 5.18. The van der Waals surface area contributed by atoms with E-state index in [-0.39, 0.29) is 38.0 Å². The number of benzene rings is 1. The first kappa shape index (κ1) is 21.3. The summed E-state index contributed by atoms with van der Waals surface area (Å²) in [6.07, 6.45) is 1.06. The quantitative estimate of drug-likeness (QED) is 0.673. The monoisotopic (exact) mass is 351 g/mol. The molecule has 1 heterocycles. The maximum atomic E-state index is 9.12. The molecule has 0 bridgehead atoms. The fourth-order valence-corrected chi connectivity index (χ4v) is 2.86. The molecule has 7 heteroatoms. The number of aliphatic hydroxyl groups is 2. The van der Waals surface area contributed by atoms with Crippen LogP contribution in [0.2, 0.25) is 0 Å². The van der Waals surface area contributed by atoms with E-state index < -0.39 is 0 Å². The molecule has 1 aromatic rings. The smallest absolute Gasteiger partial charge is 0.0558 e. The third-order valence-corrected chi connectivity index (χ3v) is 4.07. The van der Waals surface area contributed by atoms with Crippen molar-refractivity contribution in [3.63, 3.8) is 0 Å². The van der Waals surface area contributed by atoms with E-state index in [2.05, 4.69) is 21.9 Å². The summed E-state index contributed by atoms with van der Waals surface area (Å²) < 4.78 is 0. The minimum Gasteiger partial charge on any atom is -0.399 e. The maximum Gasteiger partial charge on any atom is 0.0558 e. The highest BCUT2D eigenvalue weighted by atomic mass is 35.5. The zero-order valence-electron chi connectivity index (χ0n) is 12.9. The van der Waals surface area contributed by atoms with Crippen LogP contribution in [-0.4, -0.2) is 60.5 Å². The number of nitrogen functional groups attached to an aromatic ring is 1. The Balaban J connectivity index is 0.00000220. The standard InChI is InChI=1S/C15H25N3O2.2ClH/c1-12-10-13(2-3-15(12)16)18-5-4-14(11-18)17(6-8-19)7-9-20;;/h2-3,10,14,19-20H,4-9,11,16H2,1H3;2*1H. The molecule has 1 fully saturated rings. The first-order valence-corrected chi connectivity index (χ1v) is 7.22. The number of aryl methyl sites for hydroxylation is 1. The van der Waals surface area contributed by atoms with Gasteiger partial charge in [0.05, 0.1) is 13.2 Å². The van der Waals surface area contributed by atoms with Crippen LogP contribution in [0.15, 0.2) is 18.2 Å². The van der Waals surface area contributed by atoms with Gasteiger partial charge in [-0.1, -0.05) is 0 Å². The fraction of sp³-hybridized carbons (Fsp3) is 0.600. The largest absolute Gasteiger partial charge is 0.399 e. The molecule has 1 saturated heterocycles. The SMILES string of the molecule is Cc1cc(N2CCC(N(CCO)CCO)C2)ccc1N.Cl.Cl. The van der Waals surface area contributed by atoms with Gasteiger partial charge in [-0.25, -0.2) is 0 Å². The molecule has 0 spiro atoms. The lowest BCUT2D eigenvalue weighted by Crippen LogP contribution is -2.41. The minimum absolute atomic E-state index is 0. The van der Waals surface area contributed by atoms with Crippen LogP contribution in [0.4, 0.5) is 11.4 Å². The molecule has 1 aliphatic rings. The average molecular weight is 352 g/mol. The summed E-state index contributed by atoms with van der Waals surface area (Å²) in [5, 5.41) is 18.2. The van der Waals surface area contributed by atoms with E-state index in [1.165, 1.54) is 5.69 Å². The van der Waals surface area contributed by atoms with Gasteiger partial charge in [0.25, 0.3) is 0 Å². The van der Waals surface area contributed by atoms with E-state index >= 15 is 0 Å². The summed E-state index contributed by atoms with van der Waals surface area (Å²) in [6.45, 7) is 5.48. The zero-order valence-corrected chi connectivity index (χ0v) is 14.6. The van der Waals surface area contributed by atoms with Crippen LogP contribution < -0.4 is 10.6 Å². The van der Waals surface area contributed by atoms with Gasteiger partial charge in [0, 0.05) is 43.6 Å². The van der Waals surface area contributed by atoms with E-state index in [0.717, 1.165) is 30.8 Å². The lowest BCUT2D eigenvalue weighted by atomic mass is 10.1. The van der Waals surface area contributed by atoms with E-state index in [0.29, 0.717) is 19.1 Å². The van der Waals surface area contributed by atoms with Crippen molar-refractivity contribution in [1.82, 2.24) is 4.90 Å². The summed E-state index contributed by atoms with van der Waals surface area (Å²) in [5.74, 6) is 0. The van der Waals surface area contributed by atoms with E-state index in [4.69, 9.17) is 15.9 Å². The summed E-state index contributed by atoms with van der Waals surface area (Å²) in [5.41, 5.74) is 8.99. The van der Waals surface area contributed by atoms with Gasteiger partial charge < -0.3 is 20.8 Å². The Kier molecular flexibility index (Phi) is 9.80. The number of aliphatic hydroxyl groups excluding tert-OH is 2. The Morgan fingerprint density at radius 1 is 1.23 bits per heavy atom. The molecule has 2 rings (SSSR count). The number of rotatable bonds is 6. The second kappa shape index (κ2) is 10.1. The van der Waals surface area contributed by atoms with Crippen molar-refractivity contribution in [2.75, 3.05) is 50.0 Å². The lowest BCUT2D eigenvalue weighted by Gasteiger charge is -2.28. The first-order chi connectivity index (χ1) is 9.65. The normalized spacial score (nSPS) is 17.3. The van der Waals surface area contributed by atoms with Gasteiger partial charge in [-0.3, -0.25) is 4.90 Å². The Morgan fingerprint density at radius 3 is 2.41 bits per heavy atom. The van der Waals surface area contributed by atoms with Gasteiger partial charge in [-0.05, 0) is 37.1 Å². The van der Waals surface area contributed by atoms with Gasteiger partial charge >= 0.3 is 0 Å². The van der Waals surface area contributed by atoms with Crippen LogP contribution in [0.25, 0.3) is 0 Å². The topological polar surface area (TPSA) is 73.0 Å². The van der Waals surface area contributed by atoms with Crippen molar-refractivity contribution in [3.8, 4) is 0 Å². The number of hydrogen-bond acceptors (Lipinski definition) is 5. The highest BCUT2D eigenvalue weighted by molar-refractivity contribution is 5.85. The molecule has 128 valence electrons. The van der Waals surface area contributed by atoms with Gasteiger partial charge in [0.1, 0.15) is 0 Å². The molecule has 0 aromatic heterocycles.